The van der Waals surface area contributed by atoms with Crippen LogP contribution in [0.25, 0.3) is 11.3 Å². The van der Waals surface area contributed by atoms with Crippen LogP contribution in [-0.2, 0) is 19.9 Å². The standard InChI is InChI=1S/C26H30FN7O/c1-16-6-8-20-25(29)30-13-21(31-20)24-19(32-34(3)22(24)12-28)5-4-10-26(14-33(2)15-26)35-23-9-7-17(27)11-18(16)23/h7,9,11,13,16H,4-6,8,10,14-15H2,1-3H3,(H2,29,30)/t16-/m0/s1. The van der Waals surface area contributed by atoms with Crippen LogP contribution in [0.2, 0.25) is 0 Å². The van der Waals surface area contributed by atoms with Gasteiger partial charge in [0.15, 0.2) is 0 Å². The van der Waals surface area contributed by atoms with Crippen molar-refractivity contribution in [2.45, 2.75) is 50.5 Å². The van der Waals surface area contributed by atoms with Gasteiger partial charge in [0.1, 0.15) is 34.7 Å². The summed E-state index contributed by atoms with van der Waals surface area (Å²) in [6.07, 6.45) is 5.20. The van der Waals surface area contributed by atoms with Gasteiger partial charge in [0, 0.05) is 20.1 Å². The topological polar surface area (TPSA) is 106 Å². The molecule has 1 saturated heterocycles. The predicted octanol–water partition coefficient (Wildman–Crippen LogP) is 3.61. The molecule has 2 bridgehead atoms. The van der Waals surface area contributed by atoms with Crippen molar-refractivity contribution in [3.05, 3.63) is 52.9 Å². The van der Waals surface area contributed by atoms with E-state index in [0.29, 0.717) is 42.2 Å². The number of hydrogen-bond acceptors (Lipinski definition) is 7. The number of likely N-dealkylation sites (N-methyl/N-ethyl adjacent to an activating group) is 1. The molecule has 0 unspecified atom stereocenters. The quantitative estimate of drug-likeness (QED) is 0.529. The molecular weight excluding hydrogens is 445 g/mol. The van der Waals surface area contributed by atoms with Crippen LogP contribution in [0, 0.1) is 17.1 Å². The molecule has 2 aromatic heterocycles. The molecule has 1 fully saturated rings. The van der Waals surface area contributed by atoms with Gasteiger partial charge < -0.3 is 10.5 Å². The first-order valence-corrected chi connectivity index (χ1v) is 12.0. The van der Waals surface area contributed by atoms with E-state index in [1.807, 2.05) is 0 Å². The lowest BCUT2D eigenvalue weighted by Crippen LogP contribution is -2.63. The molecular formula is C26H30FN7O. The van der Waals surface area contributed by atoms with Crippen molar-refractivity contribution in [2.24, 2.45) is 7.05 Å². The van der Waals surface area contributed by atoms with Crippen molar-refractivity contribution in [3.63, 3.8) is 0 Å². The summed E-state index contributed by atoms with van der Waals surface area (Å²) >= 11 is 0. The van der Waals surface area contributed by atoms with Crippen LogP contribution in [0.15, 0.2) is 24.4 Å². The summed E-state index contributed by atoms with van der Waals surface area (Å²) < 4.78 is 22.5. The fourth-order valence-corrected chi connectivity index (χ4v) is 5.42. The molecule has 4 heterocycles. The van der Waals surface area contributed by atoms with Crippen molar-refractivity contribution in [1.29, 1.82) is 5.26 Å². The molecule has 5 rings (SSSR count). The van der Waals surface area contributed by atoms with Gasteiger partial charge >= 0.3 is 0 Å². The minimum Gasteiger partial charge on any atom is -0.484 e. The van der Waals surface area contributed by atoms with Crippen molar-refractivity contribution in [1.82, 2.24) is 24.6 Å². The third-order valence-electron chi connectivity index (χ3n) is 7.16. The van der Waals surface area contributed by atoms with Gasteiger partial charge in [-0.3, -0.25) is 9.58 Å². The van der Waals surface area contributed by atoms with E-state index in [-0.39, 0.29) is 17.3 Å². The Kier molecular flexibility index (Phi) is 5.93. The van der Waals surface area contributed by atoms with Gasteiger partial charge in [-0.2, -0.15) is 10.4 Å². The molecule has 0 radical (unpaired) electrons. The van der Waals surface area contributed by atoms with Crippen LogP contribution in [0.3, 0.4) is 0 Å². The third-order valence-corrected chi connectivity index (χ3v) is 7.16. The minimum atomic E-state index is -0.337. The number of nitrogens with zero attached hydrogens (tertiary/aromatic N) is 6. The monoisotopic (exact) mass is 475 g/mol. The fraction of sp³-hybridized carbons (Fsp3) is 0.462. The second-order valence-electron chi connectivity index (χ2n) is 9.93. The highest BCUT2D eigenvalue weighted by Gasteiger charge is 2.43. The summed E-state index contributed by atoms with van der Waals surface area (Å²) in [4.78, 5) is 11.4. The molecule has 1 atom stereocenters. The van der Waals surface area contributed by atoms with Crippen LogP contribution >= 0.6 is 0 Å². The number of anilines is 1. The molecule has 8 nitrogen and oxygen atoms in total. The number of aromatic nitrogens is 4. The Morgan fingerprint density at radius 2 is 2.03 bits per heavy atom. The summed E-state index contributed by atoms with van der Waals surface area (Å²) in [6, 6.07) is 7.08. The van der Waals surface area contributed by atoms with E-state index in [4.69, 9.17) is 15.5 Å². The van der Waals surface area contributed by atoms with Gasteiger partial charge in [0.05, 0.1) is 28.8 Å². The molecule has 2 aliphatic heterocycles. The van der Waals surface area contributed by atoms with E-state index in [1.54, 1.807) is 30.1 Å². The number of nitrogens with two attached hydrogens (primary N) is 1. The number of hydrogen-bond donors (Lipinski definition) is 1. The molecule has 2 aliphatic rings. The second kappa shape index (κ2) is 8.93. The molecule has 0 aliphatic carbocycles. The Morgan fingerprint density at radius 1 is 1.23 bits per heavy atom. The number of fused-ring (bicyclic) bond motifs is 5. The molecule has 2 N–H and O–H groups in total. The average molecular weight is 476 g/mol. The SMILES string of the molecule is C[C@H]1CCc2nc(cnc2N)-c2c(nn(C)c2C#N)CCCC2(CN(C)C2)Oc2ccc(F)cc21. The van der Waals surface area contributed by atoms with Crippen LogP contribution in [0.4, 0.5) is 10.2 Å². The van der Waals surface area contributed by atoms with Crippen molar-refractivity contribution < 1.29 is 9.13 Å². The van der Waals surface area contributed by atoms with Crippen molar-refractivity contribution >= 4 is 5.82 Å². The molecule has 1 aromatic carbocycles. The van der Waals surface area contributed by atoms with Crippen LogP contribution in [-0.4, -0.2) is 50.4 Å². The molecule has 35 heavy (non-hydrogen) atoms. The Bertz CT molecular complexity index is 1310. The van der Waals surface area contributed by atoms with Gasteiger partial charge in [0.2, 0.25) is 0 Å². The summed E-state index contributed by atoms with van der Waals surface area (Å²) in [5.41, 5.74) is 9.97. The summed E-state index contributed by atoms with van der Waals surface area (Å²) in [5, 5.41) is 14.5. The molecule has 3 aromatic rings. The highest BCUT2D eigenvalue weighted by Crippen LogP contribution is 2.38. The number of likely N-dealkylation sites (tertiary alicyclic amines) is 1. The highest BCUT2D eigenvalue weighted by molar-refractivity contribution is 5.68. The Morgan fingerprint density at radius 3 is 2.77 bits per heavy atom. The van der Waals surface area contributed by atoms with Crippen molar-refractivity contribution in [3.8, 4) is 23.1 Å². The summed E-state index contributed by atoms with van der Waals surface area (Å²) in [6.45, 7) is 3.68. The summed E-state index contributed by atoms with van der Waals surface area (Å²) in [7, 11) is 3.85. The average Bonchev–Trinajstić information content (AvgIpc) is 3.12. The van der Waals surface area contributed by atoms with Gasteiger partial charge in [-0.15, -0.1) is 0 Å². The molecule has 9 heteroatoms. The van der Waals surface area contributed by atoms with Crippen LogP contribution < -0.4 is 10.5 Å². The Balaban J connectivity index is 1.59. The van der Waals surface area contributed by atoms with Gasteiger partial charge in [-0.25, -0.2) is 14.4 Å². The highest BCUT2D eigenvalue weighted by atomic mass is 19.1. The molecule has 182 valence electrons. The zero-order valence-corrected chi connectivity index (χ0v) is 20.4. The number of ether oxygens (including phenoxy) is 1. The van der Waals surface area contributed by atoms with E-state index >= 15 is 0 Å². The summed E-state index contributed by atoms with van der Waals surface area (Å²) in [5.74, 6) is 0.847. The first-order chi connectivity index (χ1) is 16.8. The minimum absolute atomic E-state index is 0.0224. The lowest BCUT2D eigenvalue weighted by Gasteiger charge is -2.48. The van der Waals surface area contributed by atoms with Crippen molar-refractivity contribution in [2.75, 3.05) is 25.9 Å². The molecule has 0 amide bonds. The maximum atomic E-state index is 14.3. The van der Waals surface area contributed by atoms with Crippen LogP contribution in [0.1, 0.15) is 54.7 Å². The van der Waals surface area contributed by atoms with E-state index in [2.05, 4.69) is 35.0 Å². The number of aryl methyl sites for hydroxylation is 3. The van der Waals surface area contributed by atoms with Gasteiger partial charge in [0.25, 0.3) is 0 Å². The number of rotatable bonds is 0. The number of nitriles is 1. The first-order valence-electron chi connectivity index (χ1n) is 12.0. The second-order valence-corrected chi connectivity index (χ2v) is 9.93. The van der Waals surface area contributed by atoms with E-state index in [0.717, 1.165) is 48.5 Å². The zero-order valence-electron chi connectivity index (χ0n) is 20.4. The lowest BCUT2D eigenvalue weighted by molar-refractivity contribution is -0.0718. The van der Waals surface area contributed by atoms with Gasteiger partial charge in [-0.05, 0) is 68.8 Å². The van der Waals surface area contributed by atoms with E-state index in [1.165, 1.54) is 6.07 Å². The lowest BCUT2D eigenvalue weighted by atomic mass is 9.87. The molecule has 1 spiro atoms. The van der Waals surface area contributed by atoms with E-state index < -0.39 is 0 Å². The largest absolute Gasteiger partial charge is 0.484 e. The molecule has 0 saturated carbocycles. The predicted molar refractivity (Wildman–Crippen MR) is 130 cm³/mol. The number of halogens is 1. The third kappa shape index (κ3) is 4.34. The first kappa shape index (κ1) is 23.2. The maximum Gasteiger partial charge on any atom is 0.147 e. The zero-order chi connectivity index (χ0) is 24.7. The smallest absolute Gasteiger partial charge is 0.147 e. The Hall–Kier alpha value is -3.51. The maximum absolute atomic E-state index is 14.3. The number of benzene rings is 1. The van der Waals surface area contributed by atoms with Gasteiger partial charge in [-0.1, -0.05) is 6.92 Å². The number of nitrogen functional groups attached to an aromatic ring is 1. The van der Waals surface area contributed by atoms with E-state index in [9.17, 15) is 9.65 Å². The van der Waals surface area contributed by atoms with Crippen LogP contribution in [0.5, 0.6) is 5.75 Å². The fourth-order valence-electron chi connectivity index (χ4n) is 5.42. The normalized spacial score (nSPS) is 19.9. The Labute approximate surface area is 204 Å².